The van der Waals surface area contributed by atoms with Gasteiger partial charge in [0.1, 0.15) is 19.2 Å². The summed E-state index contributed by atoms with van der Waals surface area (Å²) in [6.07, 6.45) is 12.3. The number of carbonyl (C=O) groups is 1. The van der Waals surface area contributed by atoms with Crippen LogP contribution in [0.1, 0.15) is 96.2 Å². The molecule has 2 aromatic heterocycles. The third-order valence-corrected chi connectivity index (χ3v) is 6.63. The Labute approximate surface area is 172 Å². The van der Waals surface area contributed by atoms with Crippen molar-refractivity contribution in [3.63, 3.8) is 0 Å². The summed E-state index contributed by atoms with van der Waals surface area (Å²) in [5.74, 6) is -0.199. The Bertz CT molecular complexity index is 773. The Morgan fingerprint density at radius 1 is 1.31 bits per heavy atom. The first-order valence-corrected chi connectivity index (χ1v) is 10.7. The van der Waals surface area contributed by atoms with Crippen LogP contribution in [0, 0.1) is 10.8 Å². The largest absolute Gasteiger partial charge is 0.481 e. The van der Waals surface area contributed by atoms with E-state index in [1.54, 1.807) is 11.0 Å². The van der Waals surface area contributed by atoms with Crippen LogP contribution in [0.25, 0.3) is 0 Å². The van der Waals surface area contributed by atoms with Crippen LogP contribution in [0.3, 0.4) is 0 Å². The summed E-state index contributed by atoms with van der Waals surface area (Å²) in [6.45, 7) is 7.40. The zero-order chi connectivity index (χ0) is 20.9. The molecule has 1 fully saturated rings. The van der Waals surface area contributed by atoms with E-state index >= 15 is 0 Å². The predicted molar refractivity (Wildman–Crippen MR) is 107 cm³/mol. The second-order valence-electron chi connectivity index (χ2n) is 9.42. The lowest BCUT2D eigenvalue weighted by molar-refractivity contribution is -0.137. The first kappa shape index (κ1) is 21.5. The predicted octanol–water partition coefficient (Wildman–Crippen LogP) is 4.43. The summed E-state index contributed by atoms with van der Waals surface area (Å²) >= 11 is 0. The SMILES string of the molecule is CC(C)(C)C1(CCC[C@H](CC(=O)O)c2nc(Cn3cncn3)no2)CCCCC1. The van der Waals surface area contributed by atoms with Crippen LogP contribution in [0.5, 0.6) is 0 Å². The van der Waals surface area contributed by atoms with E-state index in [4.69, 9.17) is 4.52 Å². The van der Waals surface area contributed by atoms with Crippen molar-refractivity contribution < 1.29 is 14.4 Å². The quantitative estimate of drug-likeness (QED) is 0.659. The molecule has 0 bridgehead atoms. The van der Waals surface area contributed by atoms with Gasteiger partial charge in [-0.15, -0.1) is 0 Å². The number of nitrogens with zero attached hydrogens (tertiary/aromatic N) is 5. The average Bonchev–Trinajstić information content (AvgIpc) is 3.33. The molecule has 0 unspecified atom stereocenters. The molecule has 0 saturated heterocycles. The monoisotopic (exact) mass is 403 g/mol. The van der Waals surface area contributed by atoms with Gasteiger partial charge in [-0.1, -0.05) is 51.6 Å². The molecule has 0 aromatic carbocycles. The van der Waals surface area contributed by atoms with E-state index in [-0.39, 0.29) is 17.8 Å². The van der Waals surface area contributed by atoms with Crippen molar-refractivity contribution in [1.29, 1.82) is 0 Å². The van der Waals surface area contributed by atoms with E-state index in [0.29, 0.717) is 23.7 Å². The van der Waals surface area contributed by atoms with E-state index in [2.05, 4.69) is 41.0 Å². The molecule has 2 heterocycles. The van der Waals surface area contributed by atoms with E-state index in [9.17, 15) is 9.90 Å². The molecule has 8 nitrogen and oxygen atoms in total. The first-order valence-electron chi connectivity index (χ1n) is 10.7. The standard InChI is InChI=1S/C21H33N5O3/c1-20(2,3)21(9-5-4-6-10-21)11-7-8-16(12-18(27)28)19-24-17(25-29-19)13-26-15-22-14-23-26/h14-16H,4-13H2,1-3H3,(H,27,28)/t16-/m1/s1. The van der Waals surface area contributed by atoms with Crippen molar-refractivity contribution in [3.05, 3.63) is 24.4 Å². The van der Waals surface area contributed by atoms with Crippen LogP contribution in [-0.4, -0.2) is 36.0 Å². The zero-order valence-electron chi connectivity index (χ0n) is 17.8. The fraction of sp³-hybridized carbons (Fsp3) is 0.762. The highest BCUT2D eigenvalue weighted by Gasteiger charge is 2.41. The maximum atomic E-state index is 11.4. The smallest absolute Gasteiger partial charge is 0.304 e. The van der Waals surface area contributed by atoms with Gasteiger partial charge in [0.15, 0.2) is 5.82 Å². The molecule has 29 heavy (non-hydrogen) atoms. The summed E-state index contributed by atoms with van der Waals surface area (Å²) in [7, 11) is 0. The molecule has 1 saturated carbocycles. The second-order valence-corrected chi connectivity index (χ2v) is 9.42. The lowest BCUT2D eigenvalue weighted by atomic mass is 9.57. The Balaban J connectivity index is 1.65. The fourth-order valence-electron chi connectivity index (χ4n) is 4.77. The minimum atomic E-state index is -0.839. The van der Waals surface area contributed by atoms with Gasteiger partial charge in [-0.3, -0.25) is 4.79 Å². The number of carboxylic acids is 1. The van der Waals surface area contributed by atoms with Crippen LogP contribution in [-0.2, 0) is 11.3 Å². The van der Waals surface area contributed by atoms with Crippen LogP contribution in [0.4, 0.5) is 0 Å². The minimum absolute atomic E-state index is 0.00742. The lowest BCUT2D eigenvalue weighted by Crippen LogP contribution is -2.37. The molecule has 1 atom stereocenters. The van der Waals surface area contributed by atoms with E-state index in [1.807, 2.05) is 0 Å². The zero-order valence-corrected chi connectivity index (χ0v) is 17.8. The maximum absolute atomic E-state index is 11.4. The number of rotatable bonds is 9. The van der Waals surface area contributed by atoms with Crippen LogP contribution in [0.15, 0.2) is 17.2 Å². The summed E-state index contributed by atoms with van der Waals surface area (Å²) in [4.78, 5) is 19.8. The van der Waals surface area contributed by atoms with Gasteiger partial charge in [0.05, 0.1) is 6.42 Å². The summed E-state index contributed by atoms with van der Waals surface area (Å²) < 4.78 is 7.03. The Morgan fingerprint density at radius 2 is 2.07 bits per heavy atom. The highest BCUT2D eigenvalue weighted by Crippen LogP contribution is 2.53. The van der Waals surface area contributed by atoms with Crippen LogP contribution in [0.2, 0.25) is 0 Å². The van der Waals surface area contributed by atoms with Crippen molar-refractivity contribution in [1.82, 2.24) is 24.9 Å². The molecule has 1 aliphatic rings. The number of aliphatic carboxylic acids is 1. The van der Waals surface area contributed by atoms with Gasteiger partial charge in [0, 0.05) is 5.92 Å². The number of hydrogen-bond acceptors (Lipinski definition) is 6. The van der Waals surface area contributed by atoms with Crippen molar-refractivity contribution in [2.75, 3.05) is 0 Å². The van der Waals surface area contributed by atoms with Crippen molar-refractivity contribution >= 4 is 5.97 Å². The molecule has 2 aromatic rings. The van der Waals surface area contributed by atoms with Crippen LogP contribution < -0.4 is 0 Å². The highest BCUT2D eigenvalue weighted by molar-refractivity contribution is 5.67. The van der Waals surface area contributed by atoms with Crippen molar-refractivity contribution in [2.45, 2.75) is 91.0 Å². The molecule has 1 aliphatic carbocycles. The fourth-order valence-corrected chi connectivity index (χ4v) is 4.77. The van der Waals surface area contributed by atoms with Gasteiger partial charge in [-0.2, -0.15) is 10.1 Å². The molecule has 1 N–H and O–H groups in total. The summed E-state index contributed by atoms with van der Waals surface area (Å²) in [5, 5.41) is 17.4. The van der Waals surface area contributed by atoms with E-state index in [0.717, 1.165) is 19.3 Å². The number of aromatic nitrogens is 5. The molecule has 0 radical (unpaired) electrons. The summed E-state index contributed by atoms with van der Waals surface area (Å²) in [6, 6.07) is 0. The van der Waals surface area contributed by atoms with E-state index < -0.39 is 5.97 Å². The van der Waals surface area contributed by atoms with Gasteiger partial charge in [-0.05, 0) is 36.5 Å². The normalized spacial score (nSPS) is 17.9. The first-order chi connectivity index (χ1) is 13.8. The number of carboxylic acid groups (broad SMARTS) is 1. The molecular weight excluding hydrogens is 370 g/mol. The second kappa shape index (κ2) is 9.05. The third kappa shape index (κ3) is 5.42. The van der Waals surface area contributed by atoms with Gasteiger partial charge in [-0.25, -0.2) is 9.67 Å². The molecule has 8 heteroatoms. The maximum Gasteiger partial charge on any atom is 0.304 e. The molecule has 0 amide bonds. The van der Waals surface area contributed by atoms with Gasteiger partial charge >= 0.3 is 5.97 Å². The molecular formula is C21H33N5O3. The Hall–Kier alpha value is -2.25. The minimum Gasteiger partial charge on any atom is -0.481 e. The molecule has 160 valence electrons. The van der Waals surface area contributed by atoms with Crippen molar-refractivity contribution in [2.24, 2.45) is 10.8 Å². The topological polar surface area (TPSA) is 107 Å². The van der Waals surface area contributed by atoms with Gasteiger partial charge in [0.25, 0.3) is 0 Å². The van der Waals surface area contributed by atoms with Crippen molar-refractivity contribution in [3.8, 4) is 0 Å². The number of hydrogen-bond donors (Lipinski definition) is 1. The average molecular weight is 404 g/mol. The highest BCUT2D eigenvalue weighted by atomic mass is 16.5. The van der Waals surface area contributed by atoms with Gasteiger partial charge < -0.3 is 9.63 Å². The summed E-state index contributed by atoms with van der Waals surface area (Å²) in [5.41, 5.74) is 0.595. The Kier molecular flexibility index (Phi) is 6.70. The molecule has 0 spiro atoms. The van der Waals surface area contributed by atoms with Crippen LogP contribution >= 0.6 is 0 Å². The van der Waals surface area contributed by atoms with E-state index in [1.165, 1.54) is 38.4 Å². The lowest BCUT2D eigenvalue weighted by Gasteiger charge is -2.48. The van der Waals surface area contributed by atoms with Gasteiger partial charge in [0.2, 0.25) is 5.89 Å². The third-order valence-electron chi connectivity index (χ3n) is 6.63. The Morgan fingerprint density at radius 3 is 2.69 bits per heavy atom. The molecule has 3 rings (SSSR count). The molecule has 0 aliphatic heterocycles.